The molecule has 0 saturated heterocycles. The molecule has 0 amide bonds. The average molecular weight is 459 g/mol. The molecule has 0 aromatic heterocycles. The van der Waals surface area contributed by atoms with Gasteiger partial charge in [0, 0.05) is 6.07 Å². The standard InChI is InChI=1S/C27H25NO6/c1-32-25-13-20(15-28)24(14-23(25)26(29)30)34-21-11-9-18(10-12-21)27(31)33-16-19-7-4-6-17-5-2-3-8-22(17)19/h2-8,13-14,18,21H,9-12,16H2,1H3,(H,29,30). The molecule has 174 valence electrons. The fourth-order valence-corrected chi connectivity index (χ4v) is 4.36. The molecular weight excluding hydrogens is 434 g/mol. The van der Waals surface area contributed by atoms with E-state index in [1.54, 1.807) is 0 Å². The van der Waals surface area contributed by atoms with Crippen LogP contribution in [-0.2, 0) is 16.1 Å². The van der Waals surface area contributed by atoms with Gasteiger partial charge in [0.05, 0.1) is 24.7 Å². The molecule has 1 saturated carbocycles. The van der Waals surface area contributed by atoms with Gasteiger partial charge in [-0.3, -0.25) is 4.79 Å². The first-order valence-electron chi connectivity index (χ1n) is 11.2. The van der Waals surface area contributed by atoms with Crippen LogP contribution in [0.4, 0.5) is 0 Å². The molecule has 0 bridgehead atoms. The van der Waals surface area contributed by atoms with Crippen LogP contribution in [0.5, 0.6) is 11.5 Å². The van der Waals surface area contributed by atoms with Gasteiger partial charge in [-0.25, -0.2) is 4.79 Å². The number of carboxylic acid groups (broad SMARTS) is 1. The van der Waals surface area contributed by atoms with Gasteiger partial charge in [-0.2, -0.15) is 5.26 Å². The van der Waals surface area contributed by atoms with Crippen molar-refractivity contribution in [2.45, 2.75) is 38.4 Å². The molecule has 0 heterocycles. The van der Waals surface area contributed by atoms with Crippen LogP contribution in [-0.4, -0.2) is 30.3 Å². The lowest BCUT2D eigenvalue weighted by Gasteiger charge is -2.28. The zero-order valence-electron chi connectivity index (χ0n) is 18.8. The minimum atomic E-state index is -1.16. The number of esters is 1. The third kappa shape index (κ3) is 4.96. The molecule has 0 aliphatic heterocycles. The fraction of sp³-hybridized carbons (Fsp3) is 0.296. The number of hydrogen-bond acceptors (Lipinski definition) is 6. The Morgan fingerprint density at radius 2 is 1.76 bits per heavy atom. The summed E-state index contributed by atoms with van der Waals surface area (Å²) in [5.74, 6) is -1.28. The second-order valence-corrected chi connectivity index (χ2v) is 8.30. The van der Waals surface area contributed by atoms with E-state index in [1.165, 1.54) is 19.2 Å². The first-order chi connectivity index (χ1) is 16.5. The summed E-state index contributed by atoms with van der Waals surface area (Å²) in [5.41, 5.74) is 1.11. The Morgan fingerprint density at radius 1 is 1.03 bits per heavy atom. The first kappa shape index (κ1) is 23.1. The number of benzene rings is 3. The van der Waals surface area contributed by atoms with Crippen molar-refractivity contribution in [3.8, 4) is 17.6 Å². The highest BCUT2D eigenvalue weighted by atomic mass is 16.5. The van der Waals surface area contributed by atoms with Crippen LogP contribution >= 0.6 is 0 Å². The van der Waals surface area contributed by atoms with Crippen molar-refractivity contribution in [1.82, 2.24) is 0 Å². The largest absolute Gasteiger partial charge is 0.496 e. The van der Waals surface area contributed by atoms with E-state index in [9.17, 15) is 20.0 Å². The topological polar surface area (TPSA) is 106 Å². The molecule has 7 nitrogen and oxygen atoms in total. The lowest BCUT2D eigenvalue weighted by molar-refractivity contribution is -0.151. The minimum absolute atomic E-state index is 0.0674. The number of carbonyl (C=O) groups is 2. The molecule has 0 atom stereocenters. The average Bonchev–Trinajstić information content (AvgIpc) is 2.87. The van der Waals surface area contributed by atoms with Crippen molar-refractivity contribution >= 4 is 22.7 Å². The lowest BCUT2D eigenvalue weighted by Crippen LogP contribution is -2.29. The summed E-state index contributed by atoms with van der Waals surface area (Å²) < 4.78 is 16.7. The molecule has 3 aromatic rings. The Bertz CT molecular complexity index is 1250. The maximum absolute atomic E-state index is 12.7. The molecule has 0 spiro atoms. The number of rotatable bonds is 7. The van der Waals surface area contributed by atoms with Gasteiger partial charge in [-0.1, -0.05) is 42.5 Å². The zero-order valence-corrected chi connectivity index (χ0v) is 18.8. The van der Waals surface area contributed by atoms with Crippen molar-refractivity contribution in [1.29, 1.82) is 5.26 Å². The highest BCUT2D eigenvalue weighted by Crippen LogP contribution is 2.33. The van der Waals surface area contributed by atoms with E-state index in [1.807, 2.05) is 48.5 Å². The Morgan fingerprint density at radius 3 is 2.47 bits per heavy atom. The van der Waals surface area contributed by atoms with E-state index in [2.05, 4.69) is 0 Å². The van der Waals surface area contributed by atoms with Crippen LogP contribution in [0.3, 0.4) is 0 Å². The molecule has 0 unspecified atom stereocenters. The number of ether oxygens (including phenoxy) is 3. The van der Waals surface area contributed by atoms with Gasteiger partial charge in [0.15, 0.2) is 0 Å². The van der Waals surface area contributed by atoms with Crippen molar-refractivity contribution in [3.05, 3.63) is 71.3 Å². The van der Waals surface area contributed by atoms with Crippen LogP contribution in [0.2, 0.25) is 0 Å². The second-order valence-electron chi connectivity index (χ2n) is 8.30. The van der Waals surface area contributed by atoms with E-state index in [0.717, 1.165) is 16.3 Å². The monoisotopic (exact) mass is 459 g/mol. The van der Waals surface area contributed by atoms with Crippen molar-refractivity contribution in [2.24, 2.45) is 5.92 Å². The van der Waals surface area contributed by atoms with Crippen LogP contribution in [0.1, 0.15) is 47.2 Å². The van der Waals surface area contributed by atoms with Crippen molar-refractivity contribution in [3.63, 3.8) is 0 Å². The van der Waals surface area contributed by atoms with Crippen molar-refractivity contribution in [2.75, 3.05) is 7.11 Å². The second kappa shape index (κ2) is 10.3. The van der Waals surface area contributed by atoms with Crippen LogP contribution in [0.25, 0.3) is 10.8 Å². The number of methoxy groups -OCH3 is 1. The first-order valence-corrected chi connectivity index (χ1v) is 11.2. The van der Waals surface area contributed by atoms with Gasteiger partial charge in [0.2, 0.25) is 0 Å². The highest BCUT2D eigenvalue weighted by molar-refractivity contribution is 5.92. The lowest BCUT2D eigenvalue weighted by atomic mass is 9.87. The molecule has 0 radical (unpaired) electrons. The zero-order chi connectivity index (χ0) is 24.1. The maximum Gasteiger partial charge on any atom is 0.339 e. The highest BCUT2D eigenvalue weighted by Gasteiger charge is 2.29. The third-order valence-electron chi connectivity index (χ3n) is 6.20. The van der Waals surface area contributed by atoms with E-state index >= 15 is 0 Å². The van der Waals surface area contributed by atoms with Gasteiger partial charge in [0.25, 0.3) is 0 Å². The summed E-state index contributed by atoms with van der Waals surface area (Å²) in [5, 5.41) is 21.0. The van der Waals surface area contributed by atoms with E-state index in [-0.39, 0.29) is 47.2 Å². The van der Waals surface area contributed by atoms with Crippen LogP contribution in [0.15, 0.2) is 54.6 Å². The summed E-state index contributed by atoms with van der Waals surface area (Å²) in [6.07, 6.45) is 2.19. The Kier molecular flexibility index (Phi) is 6.98. The minimum Gasteiger partial charge on any atom is -0.496 e. The Balaban J connectivity index is 1.35. The van der Waals surface area contributed by atoms with E-state index in [4.69, 9.17) is 14.2 Å². The summed E-state index contributed by atoms with van der Waals surface area (Å²) in [4.78, 5) is 24.2. The van der Waals surface area contributed by atoms with Crippen LogP contribution < -0.4 is 9.47 Å². The molecule has 4 rings (SSSR count). The summed E-state index contributed by atoms with van der Waals surface area (Å²) in [6.45, 7) is 0.228. The number of fused-ring (bicyclic) bond motifs is 1. The number of hydrogen-bond donors (Lipinski definition) is 1. The number of nitriles is 1. The summed E-state index contributed by atoms with van der Waals surface area (Å²) in [7, 11) is 1.35. The van der Waals surface area contributed by atoms with E-state index < -0.39 is 5.97 Å². The number of carbonyl (C=O) groups excluding carboxylic acids is 1. The molecule has 7 heteroatoms. The SMILES string of the molecule is COc1cc(C#N)c(OC2CCC(C(=O)OCc3cccc4ccccc34)CC2)cc1C(=O)O. The number of aromatic carboxylic acids is 1. The van der Waals surface area contributed by atoms with Gasteiger partial charge >= 0.3 is 11.9 Å². The Hall–Kier alpha value is -4.05. The predicted molar refractivity (Wildman–Crippen MR) is 125 cm³/mol. The molecular formula is C27H25NO6. The normalized spacial score (nSPS) is 17.5. The van der Waals surface area contributed by atoms with Gasteiger partial charge in [-0.05, 0) is 48.1 Å². The maximum atomic E-state index is 12.7. The molecule has 1 N–H and O–H groups in total. The third-order valence-corrected chi connectivity index (χ3v) is 6.20. The number of nitrogens with zero attached hydrogens (tertiary/aromatic N) is 1. The quantitative estimate of drug-likeness (QED) is 0.490. The molecule has 34 heavy (non-hydrogen) atoms. The van der Waals surface area contributed by atoms with Gasteiger partial charge in [-0.15, -0.1) is 0 Å². The van der Waals surface area contributed by atoms with Gasteiger partial charge in [0.1, 0.15) is 29.7 Å². The molecule has 1 aliphatic carbocycles. The van der Waals surface area contributed by atoms with Crippen LogP contribution in [0, 0.1) is 17.2 Å². The smallest absolute Gasteiger partial charge is 0.339 e. The summed E-state index contributed by atoms with van der Waals surface area (Å²) >= 11 is 0. The molecule has 3 aromatic carbocycles. The van der Waals surface area contributed by atoms with Crippen molar-refractivity contribution < 1.29 is 28.9 Å². The van der Waals surface area contributed by atoms with E-state index in [0.29, 0.717) is 25.7 Å². The fourth-order valence-electron chi connectivity index (χ4n) is 4.36. The Labute approximate surface area is 197 Å². The molecule has 1 aliphatic rings. The predicted octanol–water partition coefficient (Wildman–Crippen LogP) is 5.10. The number of carboxylic acids is 1. The summed E-state index contributed by atoms with van der Waals surface area (Å²) in [6, 6.07) is 18.7. The van der Waals surface area contributed by atoms with Gasteiger partial charge < -0.3 is 19.3 Å². The molecule has 1 fully saturated rings.